The number of carbonyl (C=O) groups excluding carboxylic acids is 4. The van der Waals surface area contributed by atoms with Crippen LogP contribution in [0.2, 0.25) is 0 Å². The summed E-state index contributed by atoms with van der Waals surface area (Å²) in [6.07, 6.45) is 0. The Balaban J connectivity index is 1.50. The minimum absolute atomic E-state index is 0.0602. The first-order valence-corrected chi connectivity index (χ1v) is 16.2. The van der Waals surface area contributed by atoms with Crippen LogP contribution in [0.4, 0.5) is 0 Å². The number of ether oxygens (including phenoxy) is 8. The highest BCUT2D eigenvalue weighted by Crippen LogP contribution is 2.42. The number of fused-ring (bicyclic) bond motifs is 2. The van der Waals surface area contributed by atoms with Crippen molar-refractivity contribution in [3.05, 3.63) is 47.5 Å². The van der Waals surface area contributed by atoms with Crippen LogP contribution in [0.25, 0.3) is 0 Å². The van der Waals surface area contributed by atoms with Crippen molar-refractivity contribution in [2.75, 3.05) is 66.2 Å². The van der Waals surface area contributed by atoms with Crippen molar-refractivity contribution in [3.8, 4) is 23.0 Å². The first kappa shape index (κ1) is 34.8. The maximum Gasteiger partial charge on any atom is 0.322 e. The molecule has 5 rings (SSSR count). The lowest BCUT2D eigenvalue weighted by Gasteiger charge is -2.44. The van der Waals surface area contributed by atoms with E-state index < -0.39 is 47.8 Å². The van der Waals surface area contributed by atoms with Gasteiger partial charge in [-0.15, -0.1) is 0 Å². The second-order valence-corrected chi connectivity index (χ2v) is 11.2. The smallest absolute Gasteiger partial charge is 0.322 e. The number of rotatable bonds is 14. The van der Waals surface area contributed by atoms with E-state index in [4.69, 9.17) is 37.9 Å². The zero-order valence-electron chi connectivity index (χ0n) is 27.6. The molecule has 3 aliphatic heterocycles. The maximum atomic E-state index is 13.4. The predicted molar refractivity (Wildman–Crippen MR) is 167 cm³/mol. The molecule has 2 atom stereocenters. The second-order valence-electron chi connectivity index (χ2n) is 11.2. The van der Waals surface area contributed by atoms with E-state index in [1.54, 1.807) is 64.1 Å². The molecule has 0 N–H and O–H groups in total. The summed E-state index contributed by atoms with van der Waals surface area (Å²) in [6.45, 7) is 8.50. The fourth-order valence-corrected chi connectivity index (χ4v) is 6.35. The van der Waals surface area contributed by atoms with Crippen molar-refractivity contribution in [1.29, 1.82) is 0 Å². The molecule has 0 amide bonds. The molecule has 1 fully saturated rings. The van der Waals surface area contributed by atoms with Gasteiger partial charge in [-0.1, -0.05) is 12.1 Å². The van der Waals surface area contributed by atoms with Gasteiger partial charge in [0.1, 0.15) is 0 Å². The molecular weight excluding hydrogens is 628 g/mol. The maximum absolute atomic E-state index is 13.4. The minimum Gasteiger partial charge on any atom is -0.465 e. The van der Waals surface area contributed by atoms with E-state index in [0.29, 0.717) is 60.3 Å². The molecule has 3 heterocycles. The summed E-state index contributed by atoms with van der Waals surface area (Å²) in [7, 11) is 0. The molecule has 14 heteroatoms. The van der Waals surface area contributed by atoms with Gasteiger partial charge in [0.15, 0.2) is 34.8 Å². The van der Waals surface area contributed by atoms with Gasteiger partial charge in [-0.25, -0.2) is 0 Å². The highest BCUT2D eigenvalue weighted by atomic mass is 16.7. The SMILES string of the molecule is CCOC(=O)C(C(=O)OCC)C(c1ccc2c(c1)OCO2)N1CCN(C(c2ccc3c(c2)OCO3)C(C(=O)OCC)C(=O)OCC)CC1. The summed E-state index contributed by atoms with van der Waals surface area (Å²) >= 11 is 0. The van der Waals surface area contributed by atoms with Crippen LogP contribution in [-0.2, 0) is 38.1 Å². The lowest BCUT2D eigenvalue weighted by molar-refractivity contribution is -0.169. The van der Waals surface area contributed by atoms with Crippen LogP contribution in [0.15, 0.2) is 36.4 Å². The van der Waals surface area contributed by atoms with Crippen molar-refractivity contribution in [2.24, 2.45) is 11.8 Å². The van der Waals surface area contributed by atoms with Gasteiger partial charge in [0.25, 0.3) is 0 Å². The van der Waals surface area contributed by atoms with E-state index in [1.807, 2.05) is 9.80 Å². The Hall–Kier alpha value is -4.56. The fourth-order valence-electron chi connectivity index (χ4n) is 6.35. The van der Waals surface area contributed by atoms with Gasteiger partial charge in [-0.2, -0.15) is 0 Å². The van der Waals surface area contributed by atoms with Crippen molar-refractivity contribution in [2.45, 2.75) is 39.8 Å². The summed E-state index contributed by atoms with van der Waals surface area (Å²) < 4.78 is 43.8. The lowest BCUT2D eigenvalue weighted by Crippen LogP contribution is -2.54. The normalized spacial score (nSPS) is 16.8. The third-order valence-corrected chi connectivity index (χ3v) is 8.41. The van der Waals surface area contributed by atoms with Gasteiger partial charge < -0.3 is 37.9 Å². The largest absolute Gasteiger partial charge is 0.465 e. The van der Waals surface area contributed by atoms with Crippen molar-refractivity contribution in [3.63, 3.8) is 0 Å². The van der Waals surface area contributed by atoms with Gasteiger partial charge in [0.2, 0.25) is 13.6 Å². The van der Waals surface area contributed by atoms with Crippen LogP contribution in [-0.4, -0.2) is 99.9 Å². The van der Waals surface area contributed by atoms with Gasteiger partial charge in [-0.05, 0) is 63.1 Å². The number of nitrogens with zero attached hydrogens (tertiary/aromatic N) is 2. The molecule has 2 unspecified atom stereocenters. The van der Waals surface area contributed by atoms with Crippen LogP contribution >= 0.6 is 0 Å². The third-order valence-electron chi connectivity index (χ3n) is 8.41. The summed E-state index contributed by atoms with van der Waals surface area (Å²) in [5.41, 5.74) is 1.28. The zero-order valence-corrected chi connectivity index (χ0v) is 27.6. The molecule has 2 aromatic rings. The third kappa shape index (κ3) is 7.44. The number of hydrogen-bond acceptors (Lipinski definition) is 14. The van der Waals surface area contributed by atoms with Gasteiger partial charge >= 0.3 is 23.9 Å². The topological polar surface area (TPSA) is 149 Å². The molecule has 48 heavy (non-hydrogen) atoms. The molecule has 0 spiro atoms. The zero-order chi connectivity index (χ0) is 34.2. The molecule has 1 saturated heterocycles. The summed E-state index contributed by atoms with van der Waals surface area (Å²) in [6, 6.07) is 9.03. The van der Waals surface area contributed by atoms with Gasteiger partial charge in [-0.3, -0.25) is 29.0 Å². The summed E-state index contributed by atoms with van der Waals surface area (Å²) in [5, 5.41) is 0. The summed E-state index contributed by atoms with van der Waals surface area (Å²) in [5.74, 6) is -3.31. The number of piperazine rings is 1. The minimum atomic E-state index is -1.30. The molecule has 2 aromatic carbocycles. The second kappa shape index (κ2) is 16.0. The Morgan fingerprint density at radius 3 is 1.17 bits per heavy atom. The van der Waals surface area contributed by atoms with E-state index in [1.165, 1.54) is 0 Å². The van der Waals surface area contributed by atoms with E-state index in [9.17, 15) is 19.2 Å². The standard InChI is InChI=1S/C34H42N2O12/c1-5-41-31(37)27(32(38)42-6-2)29(21-9-11-23-25(17-21)47-19-45-23)35-13-15-36(16-14-35)30(22-10-12-24-26(18-22)48-20-46-24)28(33(39)43-7-3)34(40)44-8-4/h9-12,17-18,27-30H,5-8,13-16,19-20H2,1-4H3. The Morgan fingerprint density at radius 1 is 0.542 bits per heavy atom. The molecule has 0 aliphatic carbocycles. The van der Waals surface area contributed by atoms with Gasteiger partial charge in [0.05, 0.1) is 38.5 Å². The Bertz CT molecular complexity index is 1330. The number of benzene rings is 2. The molecule has 14 nitrogen and oxygen atoms in total. The average Bonchev–Trinajstić information content (AvgIpc) is 3.75. The molecule has 0 bridgehead atoms. The van der Waals surface area contributed by atoms with Crippen molar-refractivity contribution in [1.82, 2.24) is 9.80 Å². The first-order chi connectivity index (χ1) is 23.3. The Labute approximate surface area is 279 Å². The highest BCUT2D eigenvalue weighted by molar-refractivity contribution is 5.96. The van der Waals surface area contributed by atoms with E-state index in [2.05, 4.69) is 0 Å². The first-order valence-electron chi connectivity index (χ1n) is 16.2. The molecule has 0 aromatic heterocycles. The molecule has 3 aliphatic rings. The van der Waals surface area contributed by atoms with Crippen LogP contribution < -0.4 is 18.9 Å². The van der Waals surface area contributed by atoms with Crippen LogP contribution in [0.5, 0.6) is 23.0 Å². The van der Waals surface area contributed by atoms with Gasteiger partial charge in [0, 0.05) is 26.2 Å². The Kier molecular flexibility index (Phi) is 11.6. The molecule has 0 saturated carbocycles. The Morgan fingerprint density at radius 2 is 0.854 bits per heavy atom. The quantitative estimate of drug-likeness (QED) is 0.165. The average molecular weight is 671 g/mol. The van der Waals surface area contributed by atoms with E-state index in [-0.39, 0.29) is 40.0 Å². The predicted octanol–water partition coefficient (Wildman–Crippen LogP) is 3.03. The molecular formula is C34H42N2O12. The fraction of sp³-hybridized carbons (Fsp3) is 0.529. The van der Waals surface area contributed by atoms with Crippen LogP contribution in [0, 0.1) is 11.8 Å². The number of hydrogen-bond donors (Lipinski definition) is 0. The van der Waals surface area contributed by atoms with Crippen molar-refractivity contribution < 1.29 is 57.1 Å². The highest BCUT2D eigenvalue weighted by Gasteiger charge is 2.46. The molecule has 0 radical (unpaired) electrons. The monoisotopic (exact) mass is 670 g/mol. The van der Waals surface area contributed by atoms with Crippen LogP contribution in [0.1, 0.15) is 50.9 Å². The van der Waals surface area contributed by atoms with E-state index >= 15 is 0 Å². The van der Waals surface area contributed by atoms with Crippen LogP contribution in [0.3, 0.4) is 0 Å². The number of esters is 4. The van der Waals surface area contributed by atoms with Crippen molar-refractivity contribution >= 4 is 23.9 Å². The number of carbonyl (C=O) groups is 4. The lowest BCUT2D eigenvalue weighted by atomic mass is 9.88. The molecule has 260 valence electrons. The summed E-state index contributed by atoms with van der Waals surface area (Å²) in [4.78, 5) is 57.7. The van der Waals surface area contributed by atoms with E-state index in [0.717, 1.165) is 0 Å².